The van der Waals surface area contributed by atoms with Crippen molar-refractivity contribution in [1.29, 1.82) is 0 Å². The van der Waals surface area contributed by atoms with Crippen LogP contribution in [-0.2, 0) is 0 Å². The Bertz CT molecular complexity index is 129. The SMILES string of the molecule is C[C@@]1(C2CC2)C[C@H]1CO. The molecule has 2 fully saturated rings. The monoisotopic (exact) mass is 126 g/mol. The lowest BCUT2D eigenvalue weighted by atomic mass is 10.0. The van der Waals surface area contributed by atoms with Gasteiger partial charge < -0.3 is 5.11 Å². The Kier molecular flexibility index (Phi) is 0.963. The van der Waals surface area contributed by atoms with E-state index in [9.17, 15) is 0 Å². The van der Waals surface area contributed by atoms with Crippen molar-refractivity contribution >= 4 is 0 Å². The van der Waals surface area contributed by atoms with E-state index in [0.29, 0.717) is 17.9 Å². The number of hydrogen-bond donors (Lipinski definition) is 1. The summed E-state index contributed by atoms with van der Waals surface area (Å²) in [4.78, 5) is 0. The van der Waals surface area contributed by atoms with Gasteiger partial charge in [-0.1, -0.05) is 6.92 Å². The van der Waals surface area contributed by atoms with Crippen LogP contribution in [0.15, 0.2) is 0 Å². The molecule has 0 aromatic rings. The highest BCUT2D eigenvalue weighted by Gasteiger charge is 2.57. The largest absolute Gasteiger partial charge is 0.396 e. The maximum atomic E-state index is 8.82. The standard InChI is InChI=1S/C8H14O/c1-8(6-2-3-6)4-7(8)5-9/h6-7,9H,2-5H2,1H3/t7-,8-/m0/s1. The van der Waals surface area contributed by atoms with Crippen molar-refractivity contribution in [3.05, 3.63) is 0 Å². The van der Waals surface area contributed by atoms with Gasteiger partial charge in [-0.15, -0.1) is 0 Å². The summed E-state index contributed by atoms with van der Waals surface area (Å²) in [7, 11) is 0. The van der Waals surface area contributed by atoms with Crippen LogP contribution in [0.25, 0.3) is 0 Å². The zero-order valence-electron chi connectivity index (χ0n) is 5.93. The lowest BCUT2D eigenvalue weighted by Crippen LogP contribution is -2.02. The van der Waals surface area contributed by atoms with Crippen LogP contribution < -0.4 is 0 Å². The van der Waals surface area contributed by atoms with Gasteiger partial charge in [0.05, 0.1) is 0 Å². The van der Waals surface area contributed by atoms with E-state index in [1.807, 2.05) is 0 Å². The minimum Gasteiger partial charge on any atom is -0.396 e. The summed E-state index contributed by atoms with van der Waals surface area (Å²) < 4.78 is 0. The summed E-state index contributed by atoms with van der Waals surface area (Å²) in [5.41, 5.74) is 0.578. The Morgan fingerprint density at radius 3 is 2.56 bits per heavy atom. The molecule has 0 spiro atoms. The summed E-state index contributed by atoms with van der Waals surface area (Å²) in [5.74, 6) is 1.64. The normalized spacial score (nSPS) is 49.3. The Morgan fingerprint density at radius 2 is 2.22 bits per heavy atom. The summed E-state index contributed by atoms with van der Waals surface area (Å²) in [5, 5.41) is 8.82. The Balaban J connectivity index is 1.95. The lowest BCUT2D eigenvalue weighted by molar-refractivity contribution is 0.245. The number of hydrogen-bond acceptors (Lipinski definition) is 1. The van der Waals surface area contributed by atoms with E-state index in [0.717, 1.165) is 5.92 Å². The Morgan fingerprint density at radius 1 is 1.56 bits per heavy atom. The molecule has 9 heavy (non-hydrogen) atoms. The van der Waals surface area contributed by atoms with E-state index in [1.165, 1.54) is 19.3 Å². The van der Waals surface area contributed by atoms with Gasteiger partial charge in [-0.25, -0.2) is 0 Å². The molecule has 0 aromatic heterocycles. The second-order valence-corrected chi connectivity index (χ2v) is 3.86. The van der Waals surface area contributed by atoms with Gasteiger partial charge in [0.1, 0.15) is 0 Å². The topological polar surface area (TPSA) is 20.2 Å². The van der Waals surface area contributed by atoms with Crippen molar-refractivity contribution in [3.63, 3.8) is 0 Å². The molecule has 0 aromatic carbocycles. The average molecular weight is 126 g/mol. The van der Waals surface area contributed by atoms with Gasteiger partial charge in [0, 0.05) is 6.61 Å². The molecule has 0 amide bonds. The zero-order chi connectivity index (χ0) is 6.48. The van der Waals surface area contributed by atoms with E-state index < -0.39 is 0 Å². The third-order valence-corrected chi connectivity index (χ3v) is 3.19. The zero-order valence-corrected chi connectivity index (χ0v) is 5.93. The highest BCUT2D eigenvalue weighted by atomic mass is 16.3. The van der Waals surface area contributed by atoms with E-state index in [-0.39, 0.29) is 0 Å². The summed E-state index contributed by atoms with van der Waals surface area (Å²) >= 11 is 0. The molecule has 1 heteroatoms. The van der Waals surface area contributed by atoms with Crippen molar-refractivity contribution in [2.75, 3.05) is 6.61 Å². The van der Waals surface area contributed by atoms with Crippen molar-refractivity contribution < 1.29 is 5.11 Å². The highest BCUT2D eigenvalue weighted by Crippen LogP contribution is 2.64. The van der Waals surface area contributed by atoms with Gasteiger partial charge in [-0.2, -0.15) is 0 Å². The van der Waals surface area contributed by atoms with Crippen LogP contribution in [0.5, 0.6) is 0 Å². The van der Waals surface area contributed by atoms with Crippen molar-refractivity contribution in [2.45, 2.75) is 26.2 Å². The van der Waals surface area contributed by atoms with Gasteiger partial charge in [0.15, 0.2) is 0 Å². The van der Waals surface area contributed by atoms with Crippen LogP contribution in [0, 0.1) is 17.3 Å². The van der Waals surface area contributed by atoms with Gasteiger partial charge in [-0.05, 0) is 36.5 Å². The number of rotatable bonds is 2. The molecular formula is C8H14O. The molecule has 1 N–H and O–H groups in total. The van der Waals surface area contributed by atoms with Crippen molar-refractivity contribution in [3.8, 4) is 0 Å². The summed E-state index contributed by atoms with van der Waals surface area (Å²) in [6.45, 7) is 2.75. The second-order valence-electron chi connectivity index (χ2n) is 3.86. The first-order valence-corrected chi connectivity index (χ1v) is 3.88. The minimum absolute atomic E-state index is 0.424. The van der Waals surface area contributed by atoms with Gasteiger partial charge >= 0.3 is 0 Å². The fraction of sp³-hybridized carbons (Fsp3) is 1.00. The smallest absolute Gasteiger partial charge is 0.0464 e. The van der Waals surface area contributed by atoms with Crippen LogP contribution in [0.4, 0.5) is 0 Å². The van der Waals surface area contributed by atoms with Crippen molar-refractivity contribution in [1.82, 2.24) is 0 Å². The van der Waals surface area contributed by atoms with Crippen LogP contribution in [0.1, 0.15) is 26.2 Å². The Labute approximate surface area is 56.1 Å². The molecule has 2 saturated carbocycles. The molecule has 2 rings (SSSR count). The summed E-state index contributed by atoms with van der Waals surface area (Å²) in [6, 6.07) is 0. The predicted molar refractivity (Wildman–Crippen MR) is 36.0 cm³/mol. The average Bonchev–Trinajstić information content (AvgIpc) is 2.54. The molecule has 1 nitrogen and oxygen atoms in total. The maximum Gasteiger partial charge on any atom is 0.0464 e. The van der Waals surface area contributed by atoms with Gasteiger partial charge in [0.25, 0.3) is 0 Å². The van der Waals surface area contributed by atoms with E-state index in [2.05, 4.69) is 6.92 Å². The molecule has 0 unspecified atom stereocenters. The van der Waals surface area contributed by atoms with Gasteiger partial charge in [-0.3, -0.25) is 0 Å². The third kappa shape index (κ3) is 0.710. The van der Waals surface area contributed by atoms with Crippen LogP contribution in [-0.4, -0.2) is 11.7 Å². The van der Waals surface area contributed by atoms with E-state index in [1.54, 1.807) is 0 Å². The second kappa shape index (κ2) is 1.51. The molecule has 0 saturated heterocycles. The predicted octanol–water partition coefficient (Wildman–Crippen LogP) is 1.41. The minimum atomic E-state index is 0.424. The number of aliphatic hydroxyl groups excluding tert-OH is 1. The first kappa shape index (κ1) is 5.72. The molecule has 0 heterocycles. The third-order valence-electron chi connectivity index (χ3n) is 3.19. The van der Waals surface area contributed by atoms with Crippen LogP contribution in [0.3, 0.4) is 0 Å². The molecule has 2 atom stereocenters. The molecule has 2 aliphatic rings. The maximum absolute atomic E-state index is 8.82. The van der Waals surface area contributed by atoms with Crippen LogP contribution >= 0.6 is 0 Å². The fourth-order valence-corrected chi connectivity index (χ4v) is 1.99. The van der Waals surface area contributed by atoms with Crippen LogP contribution in [0.2, 0.25) is 0 Å². The highest BCUT2D eigenvalue weighted by molar-refractivity contribution is 5.06. The first-order chi connectivity index (χ1) is 4.27. The first-order valence-electron chi connectivity index (χ1n) is 3.88. The summed E-state index contributed by atoms with van der Waals surface area (Å²) in [6.07, 6.45) is 4.13. The molecule has 0 bridgehead atoms. The number of aliphatic hydroxyl groups is 1. The quantitative estimate of drug-likeness (QED) is 0.593. The molecule has 2 aliphatic carbocycles. The lowest BCUT2D eigenvalue weighted by Gasteiger charge is -2.05. The molecule has 0 aliphatic heterocycles. The van der Waals surface area contributed by atoms with E-state index in [4.69, 9.17) is 5.11 Å². The van der Waals surface area contributed by atoms with E-state index >= 15 is 0 Å². The fourth-order valence-electron chi connectivity index (χ4n) is 1.99. The molecular weight excluding hydrogens is 112 g/mol. The van der Waals surface area contributed by atoms with Gasteiger partial charge in [0.2, 0.25) is 0 Å². The molecule has 0 radical (unpaired) electrons. The Hall–Kier alpha value is -0.0400. The van der Waals surface area contributed by atoms with Crippen molar-refractivity contribution in [2.24, 2.45) is 17.3 Å². The molecule has 52 valence electrons.